The molecule has 8 nitrogen and oxygen atoms in total. The maximum Gasteiger partial charge on any atom is 0.227 e. The van der Waals surface area contributed by atoms with Crippen molar-refractivity contribution in [3.8, 4) is 0 Å². The molecule has 2 fully saturated rings. The Hall–Kier alpha value is -1.96. The van der Waals surface area contributed by atoms with E-state index in [9.17, 15) is 9.59 Å². The number of hydrogen-bond donors (Lipinski definition) is 3. The summed E-state index contributed by atoms with van der Waals surface area (Å²) in [5, 5.41) is 10.2. The average molecular weight is 377 g/mol. The van der Waals surface area contributed by atoms with E-state index in [1.807, 2.05) is 0 Å². The molecular formula is C19H31N5O3. The van der Waals surface area contributed by atoms with Gasteiger partial charge in [0, 0.05) is 32.4 Å². The number of nitrogens with two attached hydrogens (primary N) is 1. The Balaban J connectivity index is 1.60. The summed E-state index contributed by atoms with van der Waals surface area (Å²) < 4.78 is 5.39. The van der Waals surface area contributed by atoms with Crippen molar-refractivity contribution in [1.29, 1.82) is 0 Å². The third-order valence-electron chi connectivity index (χ3n) is 5.63. The van der Waals surface area contributed by atoms with E-state index < -0.39 is 5.54 Å². The van der Waals surface area contributed by atoms with Crippen molar-refractivity contribution >= 4 is 11.8 Å². The molecular weight excluding hydrogens is 346 g/mol. The molecule has 4 N–H and O–H groups in total. The van der Waals surface area contributed by atoms with Gasteiger partial charge in [0.25, 0.3) is 0 Å². The lowest BCUT2D eigenvalue weighted by atomic mass is 9.89. The van der Waals surface area contributed by atoms with Crippen LogP contribution < -0.4 is 16.4 Å². The second kappa shape index (κ2) is 8.82. The maximum atomic E-state index is 12.2. The monoisotopic (exact) mass is 377 g/mol. The highest BCUT2D eigenvalue weighted by atomic mass is 16.5. The van der Waals surface area contributed by atoms with E-state index in [0.29, 0.717) is 30.6 Å². The predicted octanol–water partition coefficient (Wildman–Crippen LogP) is 1.54. The smallest absolute Gasteiger partial charge is 0.227 e. The number of nitrogens with zero attached hydrogens (tertiary/aromatic N) is 2. The highest BCUT2D eigenvalue weighted by molar-refractivity contribution is 5.76. The van der Waals surface area contributed by atoms with Crippen molar-refractivity contribution < 1.29 is 14.1 Å². The van der Waals surface area contributed by atoms with Crippen LogP contribution in [0.3, 0.4) is 0 Å². The number of carbonyl (C=O) groups is 2. The molecule has 27 heavy (non-hydrogen) atoms. The quantitative estimate of drug-likeness (QED) is 0.591. The molecule has 0 saturated heterocycles. The number of nitrogens with one attached hydrogen (secondary N) is 2. The van der Waals surface area contributed by atoms with Gasteiger partial charge in [0.1, 0.15) is 5.54 Å². The molecule has 2 aliphatic carbocycles. The lowest BCUT2D eigenvalue weighted by Crippen LogP contribution is -2.45. The fourth-order valence-electron chi connectivity index (χ4n) is 3.99. The molecule has 1 aromatic heterocycles. The summed E-state index contributed by atoms with van der Waals surface area (Å²) in [6.45, 7) is 1.99. The fraction of sp³-hybridized carbons (Fsp3) is 0.789. The Bertz CT molecular complexity index is 648. The number of hydrogen-bond acceptors (Lipinski definition) is 6. The third kappa shape index (κ3) is 5.28. The molecule has 1 aromatic rings. The number of aromatic nitrogens is 2. The first kappa shape index (κ1) is 19.8. The zero-order valence-electron chi connectivity index (χ0n) is 16.1. The molecule has 0 aliphatic heterocycles. The van der Waals surface area contributed by atoms with E-state index in [-0.39, 0.29) is 24.3 Å². The first-order valence-corrected chi connectivity index (χ1v) is 10.1. The molecule has 0 spiro atoms. The van der Waals surface area contributed by atoms with Crippen LogP contribution in [0.4, 0.5) is 0 Å². The van der Waals surface area contributed by atoms with E-state index in [1.54, 1.807) is 0 Å². The van der Waals surface area contributed by atoms with Gasteiger partial charge < -0.3 is 20.9 Å². The Morgan fingerprint density at radius 3 is 2.56 bits per heavy atom. The van der Waals surface area contributed by atoms with Gasteiger partial charge in [-0.15, -0.1) is 0 Å². The van der Waals surface area contributed by atoms with Crippen molar-refractivity contribution in [3.63, 3.8) is 0 Å². The second-order valence-corrected chi connectivity index (χ2v) is 7.94. The number of aryl methyl sites for hydroxylation is 1. The highest BCUT2D eigenvalue weighted by Crippen LogP contribution is 2.35. The van der Waals surface area contributed by atoms with Crippen LogP contribution in [0.15, 0.2) is 4.52 Å². The first-order valence-electron chi connectivity index (χ1n) is 10.1. The van der Waals surface area contributed by atoms with E-state index in [0.717, 1.165) is 51.4 Å². The van der Waals surface area contributed by atoms with Crippen molar-refractivity contribution in [3.05, 3.63) is 11.7 Å². The van der Waals surface area contributed by atoms with Crippen LogP contribution in [-0.2, 0) is 21.5 Å². The van der Waals surface area contributed by atoms with Crippen LogP contribution in [0.1, 0.15) is 76.4 Å². The molecule has 1 unspecified atom stereocenters. The lowest BCUT2D eigenvalue weighted by molar-refractivity contribution is -0.122. The Kier molecular flexibility index (Phi) is 6.46. The van der Waals surface area contributed by atoms with Gasteiger partial charge in [-0.25, -0.2) is 0 Å². The van der Waals surface area contributed by atoms with Gasteiger partial charge in [-0.05, 0) is 31.6 Å². The molecule has 0 bridgehead atoms. The van der Waals surface area contributed by atoms with Crippen LogP contribution in [0.5, 0.6) is 0 Å². The molecule has 1 atom stereocenters. The van der Waals surface area contributed by atoms with Crippen LogP contribution in [0, 0.1) is 5.92 Å². The Morgan fingerprint density at radius 1 is 1.26 bits per heavy atom. The molecule has 0 aromatic carbocycles. The molecule has 8 heteroatoms. The molecule has 3 rings (SSSR count). The van der Waals surface area contributed by atoms with Crippen molar-refractivity contribution in [1.82, 2.24) is 20.8 Å². The largest absolute Gasteiger partial charge is 0.352 e. The van der Waals surface area contributed by atoms with E-state index in [1.165, 1.54) is 6.92 Å². The summed E-state index contributed by atoms with van der Waals surface area (Å²) in [6.07, 6.45) is 8.92. The summed E-state index contributed by atoms with van der Waals surface area (Å²) in [5.74, 6) is 1.37. The van der Waals surface area contributed by atoms with E-state index in [2.05, 4.69) is 20.8 Å². The van der Waals surface area contributed by atoms with Gasteiger partial charge in [-0.3, -0.25) is 9.59 Å². The SMILES string of the molecule is CC(=O)NC1(c2noc(CCC(=O)NC(CN)C3CC3)n2)CCCCCC1. The molecule has 0 radical (unpaired) electrons. The molecule has 2 aliphatic rings. The summed E-state index contributed by atoms with van der Waals surface area (Å²) in [6, 6.07) is 0.0739. The van der Waals surface area contributed by atoms with Crippen LogP contribution >= 0.6 is 0 Å². The van der Waals surface area contributed by atoms with Crippen LogP contribution in [0.25, 0.3) is 0 Å². The summed E-state index contributed by atoms with van der Waals surface area (Å²) >= 11 is 0. The first-order chi connectivity index (χ1) is 13.0. The van der Waals surface area contributed by atoms with E-state index >= 15 is 0 Å². The van der Waals surface area contributed by atoms with Crippen molar-refractivity contribution in [2.75, 3.05) is 6.54 Å². The van der Waals surface area contributed by atoms with Gasteiger partial charge in [0.05, 0.1) is 0 Å². The minimum absolute atomic E-state index is 0.0388. The number of rotatable bonds is 8. The van der Waals surface area contributed by atoms with Gasteiger partial charge in [-0.1, -0.05) is 30.8 Å². The van der Waals surface area contributed by atoms with Crippen LogP contribution in [-0.4, -0.2) is 34.5 Å². The summed E-state index contributed by atoms with van der Waals surface area (Å²) in [5.41, 5.74) is 5.18. The predicted molar refractivity (Wildman–Crippen MR) is 99.5 cm³/mol. The Morgan fingerprint density at radius 2 is 1.96 bits per heavy atom. The normalized spacial score (nSPS) is 20.5. The standard InChI is InChI=1S/C19H31N5O3/c1-13(25)23-19(10-4-2-3-5-11-19)18-22-17(27-24-18)9-8-16(26)21-15(12-20)14-6-7-14/h14-15H,2-12,20H2,1H3,(H,21,26)(H,23,25). The van der Waals surface area contributed by atoms with Gasteiger partial charge in [0.15, 0.2) is 5.82 Å². The zero-order valence-corrected chi connectivity index (χ0v) is 16.1. The average Bonchev–Trinajstić information content (AvgIpc) is 3.41. The molecule has 2 amide bonds. The van der Waals surface area contributed by atoms with Crippen molar-refractivity contribution in [2.45, 2.75) is 82.7 Å². The highest BCUT2D eigenvalue weighted by Gasteiger charge is 2.38. The molecule has 150 valence electrons. The van der Waals surface area contributed by atoms with Crippen molar-refractivity contribution in [2.24, 2.45) is 11.7 Å². The zero-order chi connectivity index (χ0) is 19.3. The van der Waals surface area contributed by atoms with Gasteiger partial charge >= 0.3 is 0 Å². The van der Waals surface area contributed by atoms with E-state index in [4.69, 9.17) is 10.3 Å². The number of amides is 2. The fourth-order valence-corrected chi connectivity index (χ4v) is 3.99. The second-order valence-electron chi connectivity index (χ2n) is 7.94. The summed E-state index contributed by atoms with van der Waals surface area (Å²) in [4.78, 5) is 28.4. The summed E-state index contributed by atoms with van der Waals surface area (Å²) in [7, 11) is 0. The third-order valence-corrected chi connectivity index (χ3v) is 5.63. The Labute approximate surface area is 160 Å². The molecule has 1 heterocycles. The van der Waals surface area contributed by atoms with Crippen LogP contribution in [0.2, 0.25) is 0 Å². The van der Waals surface area contributed by atoms with Gasteiger partial charge in [-0.2, -0.15) is 4.98 Å². The lowest BCUT2D eigenvalue weighted by Gasteiger charge is -2.30. The number of carbonyl (C=O) groups excluding carboxylic acids is 2. The molecule has 2 saturated carbocycles. The minimum Gasteiger partial charge on any atom is -0.352 e. The maximum absolute atomic E-state index is 12.2. The topological polar surface area (TPSA) is 123 Å². The van der Waals surface area contributed by atoms with Gasteiger partial charge in [0.2, 0.25) is 17.7 Å². The minimum atomic E-state index is -0.553.